The predicted octanol–water partition coefficient (Wildman–Crippen LogP) is 4.75. The molecule has 0 spiro atoms. The molecule has 0 bridgehead atoms. The molecule has 25 heavy (non-hydrogen) atoms. The highest BCUT2D eigenvalue weighted by molar-refractivity contribution is 6.35. The van der Waals surface area contributed by atoms with E-state index in [1.165, 1.54) is 17.7 Å². The standard InChI is InChI=1S/C19H17Cl2NO3/c1-2-13-3-8-16(9-4-13)22-18(23)12-25-19(24)10-6-14-5-7-15(20)11-17(14)21/h3-11H,2,12H2,1H3,(H,22,23). The Morgan fingerprint density at radius 1 is 1.12 bits per heavy atom. The van der Waals surface area contributed by atoms with Crippen molar-refractivity contribution < 1.29 is 14.3 Å². The molecule has 0 aliphatic rings. The molecule has 0 heterocycles. The number of hydrogen-bond acceptors (Lipinski definition) is 3. The molecule has 2 rings (SSSR count). The molecule has 0 aliphatic heterocycles. The van der Waals surface area contributed by atoms with Gasteiger partial charge in [0.15, 0.2) is 6.61 Å². The minimum absolute atomic E-state index is 0.368. The second-order valence-electron chi connectivity index (χ2n) is 5.21. The number of nitrogens with one attached hydrogen (secondary N) is 1. The van der Waals surface area contributed by atoms with Crippen LogP contribution in [-0.4, -0.2) is 18.5 Å². The highest BCUT2D eigenvalue weighted by atomic mass is 35.5. The fraction of sp³-hybridized carbons (Fsp3) is 0.158. The van der Waals surface area contributed by atoms with E-state index in [9.17, 15) is 9.59 Å². The third-order valence-electron chi connectivity index (χ3n) is 3.35. The van der Waals surface area contributed by atoms with Gasteiger partial charge in [0.2, 0.25) is 0 Å². The number of anilines is 1. The first-order valence-corrected chi connectivity index (χ1v) is 8.42. The van der Waals surface area contributed by atoms with Crippen LogP contribution in [0.5, 0.6) is 0 Å². The normalized spacial score (nSPS) is 10.7. The summed E-state index contributed by atoms with van der Waals surface area (Å²) in [7, 11) is 0. The Morgan fingerprint density at radius 3 is 2.48 bits per heavy atom. The van der Waals surface area contributed by atoms with Gasteiger partial charge in [-0.25, -0.2) is 4.79 Å². The molecule has 0 fully saturated rings. The van der Waals surface area contributed by atoms with Crippen LogP contribution in [0.4, 0.5) is 5.69 Å². The first-order valence-electron chi connectivity index (χ1n) is 7.66. The Morgan fingerprint density at radius 2 is 1.84 bits per heavy atom. The average molecular weight is 378 g/mol. The largest absolute Gasteiger partial charge is 0.452 e. The molecule has 2 aromatic rings. The molecule has 6 heteroatoms. The van der Waals surface area contributed by atoms with Crippen molar-refractivity contribution in [1.29, 1.82) is 0 Å². The first-order chi connectivity index (χ1) is 12.0. The molecule has 2 aromatic carbocycles. The molecule has 1 N–H and O–H groups in total. The average Bonchev–Trinajstić information content (AvgIpc) is 2.60. The van der Waals surface area contributed by atoms with E-state index >= 15 is 0 Å². The molecule has 0 aromatic heterocycles. The van der Waals surface area contributed by atoms with Crippen LogP contribution in [0.3, 0.4) is 0 Å². The van der Waals surface area contributed by atoms with Gasteiger partial charge in [0.05, 0.1) is 0 Å². The number of benzene rings is 2. The van der Waals surface area contributed by atoms with E-state index in [-0.39, 0.29) is 6.61 Å². The zero-order valence-electron chi connectivity index (χ0n) is 13.6. The first kappa shape index (κ1) is 19.0. The van der Waals surface area contributed by atoms with E-state index in [1.807, 2.05) is 12.1 Å². The van der Waals surface area contributed by atoms with Gasteiger partial charge in [0, 0.05) is 21.8 Å². The van der Waals surface area contributed by atoms with Crippen LogP contribution in [-0.2, 0) is 20.7 Å². The summed E-state index contributed by atoms with van der Waals surface area (Å²) < 4.78 is 4.90. The van der Waals surface area contributed by atoms with Crippen LogP contribution < -0.4 is 5.32 Å². The maximum atomic E-state index is 11.8. The van der Waals surface area contributed by atoms with E-state index < -0.39 is 11.9 Å². The summed E-state index contributed by atoms with van der Waals surface area (Å²) in [6.45, 7) is 1.69. The molecule has 130 valence electrons. The van der Waals surface area contributed by atoms with Crippen molar-refractivity contribution in [3.8, 4) is 0 Å². The predicted molar refractivity (Wildman–Crippen MR) is 101 cm³/mol. The lowest BCUT2D eigenvalue weighted by molar-refractivity contribution is -0.142. The van der Waals surface area contributed by atoms with Crippen molar-refractivity contribution in [2.75, 3.05) is 11.9 Å². The van der Waals surface area contributed by atoms with E-state index in [1.54, 1.807) is 30.3 Å². The minimum Gasteiger partial charge on any atom is -0.452 e. The molecule has 0 radical (unpaired) electrons. The van der Waals surface area contributed by atoms with Crippen molar-refractivity contribution in [3.05, 3.63) is 69.7 Å². The SMILES string of the molecule is CCc1ccc(NC(=O)COC(=O)C=Cc2ccc(Cl)cc2Cl)cc1. The zero-order chi connectivity index (χ0) is 18.2. The maximum Gasteiger partial charge on any atom is 0.331 e. The maximum absolute atomic E-state index is 11.8. The monoisotopic (exact) mass is 377 g/mol. The quantitative estimate of drug-likeness (QED) is 0.583. The van der Waals surface area contributed by atoms with Crippen LogP contribution in [0.25, 0.3) is 6.08 Å². The number of halogens is 2. The van der Waals surface area contributed by atoms with Gasteiger partial charge in [-0.05, 0) is 47.9 Å². The number of rotatable bonds is 6. The lowest BCUT2D eigenvalue weighted by atomic mass is 10.1. The molecule has 1 amide bonds. The summed E-state index contributed by atoms with van der Waals surface area (Å²) in [6.07, 6.45) is 3.64. The van der Waals surface area contributed by atoms with Crippen LogP contribution in [0, 0.1) is 0 Å². The highest BCUT2D eigenvalue weighted by Gasteiger charge is 2.06. The van der Waals surface area contributed by atoms with Crippen LogP contribution in [0.1, 0.15) is 18.1 Å². The smallest absolute Gasteiger partial charge is 0.331 e. The van der Waals surface area contributed by atoms with Gasteiger partial charge >= 0.3 is 5.97 Å². The Hall–Kier alpha value is -2.30. The molecule has 0 aliphatic carbocycles. The van der Waals surface area contributed by atoms with Gasteiger partial charge in [0.25, 0.3) is 5.91 Å². The summed E-state index contributed by atoms with van der Waals surface area (Å²) in [5.74, 6) is -1.04. The van der Waals surface area contributed by atoms with Gasteiger partial charge in [-0.2, -0.15) is 0 Å². The summed E-state index contributed by atoms with van der Waals surface area (Å²) in [5.41, 5.74) is 2.46. The number of esters is 1. The number of amides is 1. The fourth-order valence-electron chi connectivity index (χ4n) is 2.00. The molecule has 4 nitrogen and oxygen atoms in total. The Labute approximate surface area is 156 Å². The highest BCUT2D eigenvalue weighted by Crippen LogP contribution is 2.21. The van der Waals surface area contributed by atoms with E-state index in [4.69, 9.17) is 27.9 Å². The van der Waals surface area contributed by atoms with Gasteiger partial charge < -0.3 is 10.1 Å². The Balaban J connectivity index is 1.82. The molecule has 0 saturated carbocycles. The zero-order valence-corrected chi connectivity index (χ0v) is 15.1. The summed E-state index contributed by atoms with van der Waals surface area (Å²) in [6, 6.07) is 12.4. The van der Waals surface area contributed by atoms with E-state index in [2.05, 4.69) is 12.2 Å². The van der Waals surface area contributed by atoms with Crippen LogP contribution >= 0.6 is 23.2 Å². The van der Waals surface area contributed by atoms with Crippen LogP contribution in [0.2, 0.25) is 10.0 Å². The summed E-state index contributed by atoms with van der Waals surface area (Å²) in [4.78, 5) is 23.5. The molecular formula is C19H17Cl2NO3. The van der Waals surface area contributed by atoms with Gasteiger partial charge in [-0.3, -0.25) is 4.79 Å². The topological polar surface area (TPSA) is 55.4 Å². The minimum atomic E-state index is -0.637. The number of ether oxygens (including phenoxy) is 1. The van der Waals surface area contributed by atoms with E-state index in [0.29, 0.717) is 21.3 Å². The lowest BCUT2D eigenvalue weighted by Crippen LogP contribution is -2.20. The Bertz CT molecular complexity index is 786. The van der Waals surface area contributed by atoms with Gasteiger partial charge in [-0.1, -0.05) is 48.3 Å². The molecule has 0 unspecified atom stereocenters. The number of carbonyl (C=O) groups excluding carboxylic acids is 2. The van der Waals surface area contributed by atoms with Crippen molar-refractivity contribution in [1.82, 2.24) is 0 Å². The molecular weight excluding hydrogens is 361 g/mol. The lowest BCUT2D eigenvalue weighted by Gasteiger charge is -2.06. The fourth-order valence-corrected chi connectivity index (χ4v) is 2.47. The summed E-state index contributed by atoms with van der Waals surface area (Å²) >= 11 is 11.8. The molecule has 0 atom stereocenters. The van der Waals surface area contributed by atoms with Crippen molar-refractivity contribution >= 4 is 46.8 Å². The third-order valence-corrected chi connectivity index (χ3v) is 3.92. The van der Waals surface area contributed by atoms with Crippen LogP contribution in [0.15, 0.2) is 48.5 Å². The number of carbonyl (C=O) groups is 2. The third kappa shape index (κ3) is 6.25. The second-order valence-corrected chi connectivity index (χ2v) is 6.05. The van der Waals surface area contributed by atoms with Crippen molar-refractivity contribution in [2.24, 2.45) is 0 Å². The number of aryl methyl sites for hydroxylation is 1. The molecule has 0 saturated heterocycles. The second kappa shape index (κ2) is 9.25. The summed E-state index contributed by atoms with van der Waals surface area (Å²) in [5, 5.41) is 3.59. The van der Waals surface area contributed by atoms with E-state index in [0.717, 1.165) is 6.42 Å². The Kier molecular flexibility index (Phi) is 7.04. The van der Waals surface area contributed by atoms with Gasteiger partial charge in [-0.15, -0.1) is 0 Å². The van der Waals surface area contributed by atoms with Crippen molar-refractivity contribution in [3.63, 3.8) is 0 Å². The van der Waals surface area contributed by atoms with Gasteiger partial charge in [0.1, 0.15) is 0 Å². The van der Waals surface area contributed by atoms with Crippen molar-refractivity contribution in [2.45, 2.75) is 13.3 Å². The number of hydrogen-bond donors (Lipinski definition) is 1.